The lowest BCUT2D eigenvalue weighted by atomic mass is 9.83. The molecule has 1 saturated heterocycles. The van der Waals surface area contributed by atoms with Gasteiger partial charge in [0.15, 0.2) is 0 Å². The first-order valence-corrected chi connectivity index (χ1v) is 11.7. The molecule has 168 valence electrons. The second-order valence-electron chi connectivity index (χ2n) is 9.72. The molecule has 2 heterocycles. The predicted molar refractivity (Wildman–Crippen MR) is 126 cm³/mol. The van der Waals surface area contributed by atoms with E-state index in [4.69, 9.17) is 4.74 Å². The molecule has 1 saturated carbocycles. The molecule has 0 radical (unpaired) electrons. The van der Waals surface area contributed by atoms with E-state index in [1.165, 1.54) is 40.4 Å². The molecule has 32 heavy (non-hydrogen) atoms. The number of piperidine rings is 1. The summed E-state index contributed by atoms with van der Waals surface area (Å²) in [7, 11) is 1.75. The molecule has 2 unspecified atom stereocenters. The number of carboxylic acids is 1. The maximum atomic E-state index is 11.3. The highest BCUT2D eigenvalue weighted by Crippen LogP contribution is 2.51. The van der Waals surface area contributed by atoms with Crippen LogP contribution in [0.5, 0.6) is 5.75 Å². The summed E-state index contributed by atoms with van der Waals surface area (Å²) in [5.74, 6) is 2.51. The minimum atomic E-state index is -0.874. The smallest absolute Gasteiger partial charge is 0.335 e. The van der Waals surface area contributed by atoms with Gasteiger partial charge in [-0.2, -0.15) is 0 Å². The first-order valence-electron chi connectivity index (χ1n) is 11.7. The Labute approximate surface area is 189 Å². The number of hydrogen-bond acceptors (Lipinski definition) is 3. The van der Waals surface area contributed by atoms with E-state index >= 15 is 0 Å². The molecule has 1 aliphatic heterocycles. The Bertz CT molecular complexity index is 1130. The number of aromatic carboxylic acids is 1. The summed E-state index contributed by atoms with van der Waals surface area (Å²) >= 11 is 0. The Morgan fingerprint density at radius 2 is 1.97 bits per heavy atom. The number of ether oxygens (including phenoxy) is 1. The molecule has 4 atom stereocenters. The summed E-state index contributed by atoms with van der Waals surface area (Å²) in [6.07, 6.45) is 5.71. The van der Waals surface area contributed by atoms with E-state index in [9.17, 15) is 9.90 Å². The zero-order chi connectivity index (χ0) is 22.4. The fourth-order valence-electron chi connectivity index (χ4n) is 5.81. The summed E-state index contributed by atoms with van der Waals surface area (Å²) in [6, 6.07) is 12.1. The summed E-state index contributed by atoms with van der Waals surface area (Å²) in [5, 5.41) is 10.5. The average Bonchev–Trinajstić information content (AvgIpc) is 3.31. The number of rotatable bonds is 6. The van der Waals surface area contributed by atoms with Crippen LogP contribution in [0.15, 0.2) is 42.6 Å². The normalized spacial score (nSPS) is 25.7. The number of nitrogens with one attached hydrogen (secondary N) is 1. The van der Waals surface area contributed by atoms with E-state index in [-0.39, 0.29) is 6.04 Å². The van der Waals surface area contributed by atoms with E-state index in [0.717, 1.165) is 43.0 Å². The molecule has 5 heteroatoms. The van der Waals surface area contributed by atoms with Gasteiger partial charge >= 0.3 is 5.97 Å². The van der Waals surface area contributed by atoms with Crippen molar-refractivity contribution in [3.63, 3.8) is 0 Å². The van der Waals surface area contributed by atoms with Crippen LogP contribution in [0.25, 0.3) is 10.9 Å². The zero-order valence-corrected chi connectivity index (χ0v) is 19.1. The molecule has 5 rings (SSSR count). The Kier molecular flexibility index (Phi) is 5.46. The lowest BCUT2D eigenvalue weighted by Gasteiger charge is -2.40. The minimum absolute atomic E-state index is 0.282. The lowest BCUT2D eigenvalue weighted by Crippen LogP contribution is -2.37. The van der Waals surface area contributed by atoms with Crippen molar-refractivity contribution in [3.05, 3.63) is 64.8 Å². The number of aromatic nitrogens is 1. The van der Waals surface area contributed by atoms with Gasteiger partial charge < -0.3 is 14.8 Å². The molecular formula is C27H32N2O3. The van der Waals surface area contributed by atoms with Crippen molar-refractivity contribution in [1.82, 2.24) is 9.88 Å². The van der Waals surface area contributed by atoms with Crippen LogP contribution in [0.4, 0.5) is 0 Å². The molecule has 5 nitrogen and oxygen atoms in total. The summed E-state index contributed by atoms with van der Waals surface area (Å²) in [6.45, 7) is 6.34. The van der Waals surface area contributed by atoms with Crippen LogP contribution in [-0.4, -0.2) is 34.6 Å². The van der Waals surface area contributed by atoms with Crippen molar-refractivity contribution in [1.29, 1.82) is 0 Å². The minimum Gasteiger partial charge on any atom is -0.496 e. The van der Waals surface area contributed by atoms with Crippen LogP contribution in [-0.2, 0) is 6.54 Å². The van der Waals surface area contributed by atoms with E-state index in [1.54, 1.807) is 19.2 Å². The van der Waals surface area contributed by atoms with Gasteiger partial charge in [-0.05, 0) is 85.9 Å². The van der Waals surface area contributed by atoms with Crippen LogP contribution in [0.3, 0.4) is 0 Å². The van der Waals surface area contributed by atoms with E-state index in [2.05, 4.69) is 35.9 Å². The number of aromatic amines is 1. The second-order valence-corrected chi connectivity index (χ2v) is 9.72. The van der Waals surface area contributed by atoms with Crippen molar-refractivity contribution in [2.24, 2.45) is 17.8 Å². The molecule has 2 aliphatic rings. The highest BCUT2D eigenvalue weighted by atomic mass is 16.5. The SMILES string of the molecule is COc1cc(C)c2[nH]ccc2c1CN1CC[C@H](C2CC2C)C[C@H]1c1ccc(C(=O)O)cc1. The van der Waals surface area contributed by atoms with Crippen molar-refractivity contribution in [2.75, 3.05) is 13.7 Å². The molecule has 2 fully saturated rings. The van der Waals surface area contributed by atoms with Gasteiger partial charge in [-0.25, -0.2) is 4.79 Å². The molecule has 2 N–H and O–H groups in total. The van der Waals surface area contributed by atoms with Gasteiger partial charge in [0.1, 0.15) is 5.75 Å². The van der Waals surface area contributed by atoms with Crippen LogP contribution in [0.2, 0.25) is 0 Å². The maximum absolute atomic E-state index is 11.3. The fourth-order valence-corrected chi connectivity index (χ4v) is 5.81. The van der Waals surface area contributed by atoms with Crippen molar-refractivity contribution in [2.45, 2.75) is 45.7 Å². The molecule has 0 spiro atoms. The quantitative estimate of drug-likeness (QED) is 0.517. The lowest BCUT2D eigenvalue weighted by molar-refractivity contribution is 0.0696. The number of fused-ring (bicyclic) bond motifs is 1. The van der Waals surface area contributed by atoms with Gasteiger partial charge in [0, 0.05) is 35.2 Å². The first kappa shape index (κ1) is 21.1. The third kappa shape index (κ3) is 3.79. The molecule has 2 aromatic carbocycles. The number of benzene rings is 2. The van der Waals surface area contributed by atoms with Gasteiger partial charge in [0.05, 0.1) is 12.7 Å². The second kappa shape index (κ2) is 8.28. The molecule has 1 aromatic heterocycles. The largest absolute Gasteiger partial charge is 0.496 e. The number of hydrogen-bond donors (Lipinski definition) is 2. The number of H-pyrrole nitrogens is 1. The van der Waals surface area contributed by atoms with Crippen LogP contribution < -0.4 is 4.74 Å². The number of methoxy groups -OCH3 is 1. The Hall–Kier alpha value is -2.79. The number of likely N-dealkylation sites (tertiary alicyclic amines) is 1. The molecular weight excluding hydrogens is 400 g/mol. The van der Waals surface area contributed by atoms with Gasteiger partial charge in [0.2, 0.25) is 0 Å². The summed E-state index contributed by atoms with van der Waals surface area (Å²) in [5.41, 5.74) is 5.14. The van der Waals surface area contributed by atoms with Crippen LogP contribution in [0, 0.1) is 24.7 Å². The maximum Gasteiger partial charge on any atom is 0.335 e. The van der Waals surface area contributed by atoms with Crippen molar-refractivity contribution < 1.29 is 14.6 Å². The van der Waals surface area contributed by atoms with E-state index in [0.29, 0.717) is 5.56 Å². The zero-order valence-electron chi connectivity index (χ0n) is 19.1. The number of nitrogens with zero attached hydrogens (tertiary/aromatic N) is 1. The van der Waals surface area contributed by atoms with Gasteiger partial charge in [0.25, 0.3) is 0 Å². The van der Waals surface area contributed by atoms with Crippen LogP contribution in [0.1, 0.15) is 59.3 Å². The summed E-state index contributed by atoms with van der Waals surface area (Å²) in [4.78, 5) is 17.3. The standard InChI is InChI=1S/C27H32N2O3/c1-16-12-22(16)20-9-11-29(24(14-20)18-4-6-19(7-5-18)27(30)31)15-23-21-8-10-28-26(21)17(2)13-25(23)32-3/h4-8,10,13,16,20,22,24,28H,9,11-12,14-15H2,1-3H3,(H,30,31)/t16?,20-,22?,24-/m0/s1. The first-order chi connectivity index (χ1) is 15.5. The highest BCUT2D eigenvalue weighted by Gasteiger charge is 2.43. The Balaban J connectivity index is 1.49. The molecule has 0 amide bonds. The predicted octanol–water partition coefficient (Wildman–Crippen LogP) is 5.79. The van der Waals surface area contributed by atoms with Crippen molar-refractivity contribution in [3.8, 4) is 5.75 Å². The third-order valence-electron chi connectivity index (χ3n) is 7.77. The van der Waals surface area contributed by atoms with Gasteiger partial charge in [-0.3, -0.25) is 4.90 Å². The number of carboxylic acid groups (broad SMARTS) is 1. The van der Waals surface area contributed by atoms with Gasteiger partial charge in [-0.15, -0.1) is 0 Å². The Morgan fingerprint density at radius 1 is 1.22 bits per heavy atom. The molecule has 1 aliphatic carbocycles. The fraction of sp³-hybridized carbons (Fsp3) is 0.444. The van der Waals surface area contributed by atoms with Gasteiger partial charge in [-0.1, -0.05) is 19.1 Å². The Morgan fingerprint density at radius 3 is 2.62 bits per heavy atom. The van der Waals surface area contributed by atoms with E-state index < -0.39 is 5.97 Å². The summed E-state index contributed by atoms with van der Waals surface area (Å²) < 4.78 is 5.81. The van der Waals surface area contributed by atoms with Crippen LogP contribution >= 0.6 is 0 Å². The topological polar surface area (TPSA) is 65.6 Å². The number of aryl methyl sites for hydroxylation is 1. The average molecular weight is 433 g/mol. The van der Waals surface area contributed by atoms with E-state index in [1.807, 2.05) is 18.3 Å². The third-order valence-corrected chi connectivity index (χ3v) is 7.77. The van der Waals surface area contributed by atoms with Crippen molar-refractivity contribution >= 4 is 16.9 Å². The molecule has 3 aromatic rings. The number of carbonyl (C=O) groups is 1. The molecule has 0 bridgehead atoms. The highest BCUT2D eigenvalue weighted by molar-refractivity contribution is 5.88. The monoisotopic (exact) mass is 432 g/mol.